The predicted molar refractivity (Wildman–Crippen MR) is 66.4 cm³/mol. The summed E-state index contributed by atoms with van der Waals surface area (Å²) < 4.78 is 0. The maximum Gasteiger partial charge on any atom is 0.220 e. The zero-order chi connectivity index (χ0) is 12.7. The standard InChI is InChI=1S/C13H20N2O2/c1-10(2)12(9-16)15-13(17)4-3-11-5-7-14-8-6-11/h5-8,10,12,16H,3-4,9H2,1-2H3,(H,15,17). The van der Waals surface area contributed by atoms with Crippen molar-refractivity contribution < 1.29 is 9.90 Å². The third-order valence-corrected chi connectivity index (χ3v) is 2.74. The molecule has 17 heavy (non-hydrogen) atoms. The second-order valence-corrected chi connectivity index (χ2v) is 4.46. The number of pyridine rings is 1. The molecule has 1 amide bonds. The minimum absolute atomic E-state index is 0.0152. The number of nitrogens with zero attached hydrogens (tertiary/aromatic N) is 1. The summed E-state index contributed by atoms with van der Waals surface area (Å²) in [6, 6.07) is 3.65. The fraction of sp³-hybridized carbons (Fsp3) is 0.538. The molecule has 0 aromatic carbocycles. The lowest BCUT2D eigenvalue weighted by atomic mass is 10.0. The molecule has 0 radical (unpaired) electrons. The van der Waals surface area contributed by atoms with Crippen molar-refractivity contribution in [2.45, 2.75) is 32.7 Å². The van der Waals surface area contributed by atoms with Gasteiger partial charge in [-0.2, -0.15) is 0 Å². The Morgan fingerprint density at radius 3 is 2.59 bits per heavy atom. The van der Waals surface area contributed by atoms with Crippen LogP contribution in [0.2, 0.25) is 0 Å². The SMILES string of the molecule is CC(C)C(CO)NC(=O)CCc1ccncc1. The number of hydrogen-bond acceptors (Lipinski definition) is 3. The Labute approximate surface area is 102 Å². The quantitative estimate of drug-likeness (QED) is 0.778. The lowest BCUT2D eigenvalue weighted by Crippen LogP contribution is -2.41. The summed E-state index contributed by atoms with van der Waals surface area (Å²) >= 11 is 0. The monoisotopic (exact) mass is 236 g/mol. The number of amides is 1. The number of aliphatic hydroxyl groups excluding tert-OH is 1. The van der Waals surface area contributed by atoms with E-state index in [-0.39, 0.29) is 24.5 Å². The fourth-order valence-corrected chi connectivity index (χ4v) is 1.51. The van der Waals surface area contributed by atoms with Crippen LogP contribution in [0.1, 0.15) is 25.8 Å². The third-order valence-electron chi connectivity index (χ3n) is 2.74. The molecule has 94 valence electrons. The summed E-state index contributed by atoms with van der Waals surface area (Å²) in [5, 5.41) is 11.9. The first-order valence-electron chi connectivity index (χ1n) is 5.92. The van der Waals surface area contributed by atoms with Gasteiger partial charge in [0.15, 0.2) is 0 Å². The molecular weight excluding hydrogens is 216 g/mol. The number of hydrogen-bond donors (Lipinski definition) is 2. The van der Waals surface area contributed by atoms with Crippen molar-refractivity contribution in [2.75, 3.05) is 6.61 Å². The normalized spacial score (nSPS) is 12.5. The van der Waals surface area contributed by atoms with Crippen LogP contribution in [0.25, 0.3) is 0 Å². The minimum Gasteiger partial charge on any atom is -0.394 e. The van der Waals surface area contributed by atoms with E-state index in [0.29, 0.717) is 12.8 Å². The Bertz CT molecular complexity index is 339. The summed E-state index contributed by atoms with van der Waals surface area (Å²) in [5.41, 5.74) is 1.10. The van der Waals surface area contributed by atoms with Crippen molar-refractivity contribution in [1.82, 2.24) is 10.3 Å². The molecule has 1 unspecified atom stereocenters. The first-order valence-corrected chi connectivity index (χ1v) is 5.92. The van der Waals surface area contributed by atoms with E-state index in [1.807, 2.05) is 26.0 Å². The third kappa shape index (κ3) is 4.95. The van der Waals surface area contributed by atoms with E-state index in [1.165, 1.54) is 0 Å². The van der Waals surface area contributed by atoms with Gasteiger partial charge in [-0.1, -0.05) is 13.8 Å². The van der Waals surface area contributed by atoms with Crippen LogP contribution >= 0.6 is 0 Å². The second kappa shape index (κ2) is 7.01. The predicted octanol–water partition coefficient (Wildman–Crippen LogP) is 1.15. The number of nitrogens with one attached hydrogen (secondary N) is 1. The maximum absolute atomic E-state index is 11.7. The number of carbonyl (C=O) groups excluding carboxylic acids is 1. The summed E-state index contributed by atoms with van der Waals surface area (Å²) in [6.45, 7) is 3.94. The summed E-state index contributed by atoms with van der Waals surface area (Å²) in [7, 11) is 0. The fourth-order valence-electron chi connectivity index (χ4n) is 1.51. The molecule has 0 aliphatic carbocycles. The zero-order valence-electron chi connectivity index (χ0n) is 10.4. The topological polar surface area (TPSA) is 62.2 Å². The molecule has 1 aromatic rings. The summed E-state index contributed by atoms with van der Waals surface area (Å²) in [5.74, 6) is 0.222. The second-order valence-electron chi connectivity index (χ2n) is 4.46. The smallest absolute Gasteiger partial charge is 0.220 e. The Kier molecular flexibility index (Phi) is 5.63. The van der Waals surface area contributed by atoms with E-state index in [9.17, 15) is 4.79 Å². The average molecular weight is 236 g/mol. The number of carbonyl (C=O) groups is 1. The van der Waals surface area contributed by atoms with Gasteiger partial charge < -0.3 is 10.4 Å². The van der Waals surface area contributed by atoms with Gasteiger partial charge in [-0.15, -0.1) is 0 Å². The molecule has 4 heteroatoms. The number of aliphatic hydroxyl groups is 1. The molecule has 4 nitrogen and oxygen atoms in total. The van der Waals surface area contributed by atoms with Gasteiger partial charge in [0.2, 0.25) is 5.91 Å². The van der Waals surface area contributed by atoms with Crippen LogP contribution in [0, 0.1) is 5.92 Å². The van der Waals surface area contributed by atoms with Crippen LogP contribution in [0.15, 0.2) is 24.5 Å². The molecule has 0 saturated carbocycles. The van der Waals surface area contributed by atoms with Gasteiger partial charge in [0.05, 0.1) is 12.6 Å². The van der Waals surface area contributed by atoms with Gasteiger partial charge in [0, 0.05) is 18.8 Å². The van der Waals surface area contributed by atoms with Crippen molar-refractivity contribution in [3.05, 3.63) is 30.1 Å². The van der Waals surface area contributed by atoms with Crippen LogP contribution in [0.3, 0.4) is 0 Å². The van der Waals surface area contributed by atoms with E-state index in [2.05, 4.69) is 10.3 Å². The molecule has 0 fully saturated rings. The van der Waals surface area contributed by atoms with Crippen LogP contribution in [0.4, 0.5) is 0 Å². The van der Waals surface area contributed by atoms with E-state index >= 15 is 0 Å². The van der Waals surface area contributed by atoms with Gasteiger partial charge in [-0.25, -0.2) is 0 Å². The highest BCUT2D eigenvalue weighted by molar-refractivity contribution is 5.76. The molecule has 2 N–H and O–H groups in total. The van der Waals surface area contributed by atoms with E-state index in [4.69, 9.17) is 5.11 Å². The molecule has 0 bridgehead atoms. The lowest BCUT2D eigenvalue weighted by Gasteiger charge is -2.19. The Morgan fingerprint density at radius 2 is 2.06 bits per heavy atom. The van der Waals surface area contributed by atoms with E-state index < -0.39 is 0 Å². The van der Waals surface area contributed by atoms with Crippen molar-refractivity contribution in [3.63, 3.8) is 0 Å². The molecule has 0 spiro atoms. The number of rotatable bonds is 6. The number of aryl methyl sites for hydroxylation is 1. The molecule has 0 aliphatic heterocycles. The first-order chi connectivity index (χ1) is 8.13. The van der Waals surface area contributed by atoms with Crippen molar-refractivity contribution >= 4 is 5.91 Å². The Morgan fingerprint density at radius 1 is 1.41 bits per heavy atom. The van der Waals surface area contributed by atoms with Gasteiger partial charge in [-0.05, 0) is 30.0 Å². The molecule has 1 aromatic heterocycles. The lowest BCUT2D eigenvalue weighted by molar-refractivity contribution is -0.122. The summed E-state index contributed by atoms with van der Waals surface area (Å²) in [6.07, 6.45) is 4.58. The van der Waals surface area contributed by atoms with Crippen LogP contribution in [-0.4, -0.2) is 28.6 Å². The maximum atomic E-state index is 11.7. The van der Waals surface area contributed by atoms with Crippen LogP contribution in [-0.2, 0) is 11.2 Å². The Hall–Kier alpha value is -1.42. The molecule has 1 rings (SSSR count). The largest absolute Gasteiger partial charge is 0.394 e. The minimum atomic E-state index is -0.153. The van der Waals surface area contributed by atoms with E-state index in [0.717, 1.165) is 5.56 Å². The van der Waals surface area contributed by atoms with Gasteiger partial charge >= 0.3 is 0 Å². The van der Waals surface area contributed by atoms with Gasteiger partial charge in [0.25, 0.3) is 0 Å². The van der Waals surface area contributed by atoms with Crippen LogP contribution in [0.5, 0.6) is 0 Å². The highest BCUT2D eigenvalue weighted by Crippen LogP contribution is 2.03. The van der Waals surface area contributed by atoms with Crippen LogP contribution < -0.4 is 5.32 Å². The van der Waals surface area contributed by atoms with Crippen molar-refractivity contribution in [1.29, 1.82) is 0 Å². The van der Waals surface area contributed by atoms with Gasteiger partial charge in [-0.3, -0.25) is 9.78 Å². The number of aromatic nitrogens is 1. The van der Waals surface area contributed by atoms with Gasteiger partial charge in [0.1, 0.15) is 0 Å². The highest BCUT2D eigenvalue weighted by atomic mass is 16.3. The molecule has 1 atom stereocenters. The average Bonchev–Trinajstić information content (AvgIpc) is 2.34. The zero-order valence-corrected chi connectivity index (χ0v) is 10.4. The van der Waals surface area contributed by atoms with E-state index in [1.54, 1.807) is 12.4 Å². The molecule has 0 saturated heterocycles. The molecule has 1 heterocycles. The molecule has 0 aliphatic rings. The molecular formula is C13H20N2O2. The Balaban J connectivity index is 2.35. The van der Waals surface area contributed by atoms with Crippen molar-refractivity contribution in [2.24, 2.45) is 5.92 Å². The van der Waals surface area contributed by atoms with Crippen molar-refractivity contribution in [3.8, 4) is 0 Å². The summed E-state index contributed by atoms with van der Waals surface area (Å²) in [4.78, 5) is 15.6. The first kappa shape index (κ1) is 13.6. The highest BCUT2D eigenvalue weighted by Gasteiger charge is 2.14.